The number of carbonyl (C=O) groups excluding carboxylic acids is 2. The summed E-state index contributed by atoms with van der Waals surface area (Å²) in [4.78, 5) is 26.6. The van der Waals surface area contributed by atoms with Crippen LogP contribution in [0.1, 0.15) is 16.7 Å². The highest BCUT2D eigenvalue weighted by atomic mass is 35.5. The first-order valence-corrected chi connectivity index (χ1v) is 11.7. The summed E-state index contributed by atoms with van der Waals surface area (Å²) >= 11 is 13.5. The molecule has 1 saturated heterocycles. The zero-order valence-corrected chi connectivity index (χ0v) is 20.2. The summed E-state index contributed by atoms with van der Waals surface area (Å²) in [5, 5.41) is 0.451. The Kier molecular flexibility index (Phi) is 7.46. The molecule has 1 fully saturated rings. The Morgan fingerprint density at radius 2 is 1.76 bits per heavy atom. The maximum Gasteiger partial charge on any atom is 0.293 e. The van der Waals surface area contributed by atoms with Crippen LogP contribution in [0.4, 0.5) is 9.18 Å². The summed E-state index contributed by atoms with van der Waals surface area (Å²) in [7, 11) is 1.48. The van der Waals surface area contributed by atoms with Crippen molar-refractivity contribution in [3.05, 3.63) is 98.1 Å². The quantitative estimate of drug-likeness (QED) is 0.317. The van der Waals surface area contributed by atoms with E-state index in [4.69, 9.17) is 32.7 Å². The van der Waals surface area contributed by atoms with Gasteiger partial charge in [-0.3, -0.25) is 14.5 Å². The third-order valence-corrected chi connectivity index (χ3v) is 6.56. The molecule has 2 amide bonds. The van der Waals surface area contributed by atoms with Crippen molar-refractivity contribution in [1.82, 2.24) is 4.90 Å². The molecule has 1 heterocycles. The molecule has 0 N–H and O–H groups in total. The molecule has 0 unspecified atom stereocenters. The van der Waals surface area contributed by atoms with Gasteiger partial charge in [-0.05, 0) is 59.3 Å². The lowest BCUT2D eigenvalue weighted by molar-refractivity contribution is -0.123. The minimum absolute atomic E-state index is 0.0567. The summed E-state index contributed by atoms with van der Waals surface area (Å²) in [6.45, 7) is 0.249. The van der Waals surface area contributed by atoms with E-state index in [1.807, 2.05) is 18.2 Å². The van der Waals surface area contributed by atoms with Gasteiger partial charge in [0.25, 0.3) is 11.1 Å². The first kappa shape index (κ1) is 24.1. The van der Waals surface area contributed by atoms with Gasteiger partial charge in [0.15, 0.2) is 11.5 Å². The third-order valence-electron chi connectivity index (χ3n) is 5.01. The minimum Gasteiger partial charge on any atom is -0.493 e. The van der Waals surface area contributed by atoms with E-state index in [0.717, 1.165) is 22.2 Å². The van der Waals surface area contributed by atoms with Crippen molar-refractivity contribution in [2.75, 3.05) is 7.11 Å². The van der Waals surface area contributed by atoms with Gasteiger partial charge in [-0.2, -0.15) is 0 Å². The Morgan fingerprint density at radius 3 is 2.47 bits per heavy atom. The lowest BCUT2D eigenvalue weighted by Gasteiger charge is -2.14. The van der Waals surface area contributed by atoms with Crippen LogP contribution in [-0.2, 0) is 17.9 Å². The summed E-state index contributed by atoms with van der Waals surface area (Å²) < 4.78 is 24.4. The fourth-order valence-electron chi connectivity index (χ4n) is 3.29. The van der Waals surface area contributed by atoms with E-state index in [-0.39, 0.29) is 28.9 Å². The largest absolute Gasteiger partial charge is 0.493 e. The molecule has 3 aromatic rings. The molecule has 0 aromatic heterocycles. The number of thioether (sulfide) groups is 1. The molecule has 5 nitrogen and oxygen atoms in total. The smallest absolute Gasteiger partial charge is 0.293 e. The number of rotatable bonds is 7. The lowest BCUT2D eigenvalue weighted by atomic mass is 10.1. The van der Waals surface area contributed by atoms with Crippen molar-refractivity contribution < 1.29 is 23.5 Å². The number of methoxy groups -OCH3 is 1. The third kappa shape index (κ3) is 5.38. The number of ether oxygens (including phenoxy) is 2. The zero-order valence-electron chi connectivity index (χ0n) is 17.9. The molecule has 1 aliphatic heterocycles. The molecule has 3 aromatic carbocycles. The number of nitrogens with zero attached hydrogens (tertiary/aromatic N) is 1. The number of carbonyl (C=O) groups is 2. The summed E-state index contributed by atoms with van der Waals surface area (Å²) in [6, 6.07) is 16.2. The highest BCUT2D eigenvalue weighted by molar-refractivity contribution is 8.18. The van der Waals surface area contributed by atoms with Gasteiger partial charge in [0, 0.05) is 10.6 Å². The second kappa shape index (κ2) is 10.5. The number of benzene rings is 3. The molecule has 174 valence electrons. The second-order valence-corrected chi connectivity index (χ2v) is 9.12. The van der Waals surface area contributed by atoms with E-state index < -0.39 is 11.1 Å². The molecule has 0 atom stereocenters. The first-order valence-electron chi connectivity index (χ1n) is 10.1. The number of imide groups is 1. The second-order valence-electron chi connectivity index (χ2n) is 7.31. The van der Waals surface area contributed by atoms with Crippen LogP contribution in [0.3, 0.4) is 0 Å². The van der Waals surface area contributed by atoms with Crippen LogP contribution < -0.4 is 9.47 Å². The van der Waals surface area contributed by atoms with Crippen LogP contribution >= 0.6 is 35.0 Å². The number of halogens is 3. The van der Waals surface area contributed by atoms with E-state index in [1.165, 1.54) is 31.4 Å². The SMILES string of the molecule is COc1cc(/C=C2\SC(=O)N(Cc3ccc(F)cc3)C2=O)cc(Cl)c1OCc1ccccc1Cl. The molecule has 9 heteroatoms. The van der Waals surface area contributed by atoms with Crippen LogP contribution in [0.5, 0.6) is 11.5 Å². The molecule has 1 aliphatic rings. The predicted molar refractivity (Wildman–Crippen MR) is 132 cm³/mol. The van der Waals surface area contributed by atoms with Crippen LogP contribution in [0.2, 0.25) is 10.0 Å². The molecule has 0 radical (unpaired) electrons. The fourth-order valence-corrected chi connectivity index (χ4v) is 4.59. The van der Waals surface area contributed by atoms with E-state index in [9.17, 15) is 14.0 Å². The number of amides is 2. The molecule has 0 saturated carbocycles. The van der Waals surface area contributed by atoms with Gasteiger partial charge >= 0.3 is 0 Å². The van der Waals surface area contributed by atoms with Gasteiger partial charge in [0.2, 0.25) is 0 Å². The molecule has 34 heavy (non-hydrogen) atoms. The van der Waals surface area contributed by atoms with E-state index in [2.05, 4.69) is 0 Å². The molecule has 0 aliphatic carbocycles. The number of hydrogen-bond acceptors (Lipinski definition) is 5. The van der Waals surface area contributed by atoms with E-state index in [1.54, 1.807) is 24.3 Å². The number of hydrogen-bond donors (Lipinski definition) is 0. The molecule has 4 rings (SSSR count). The van der Waals surface area contributed by atoms with Gasteiger partial charge in [0.1, 0.15) is 12.4 Å². The van der Waals surface area contributed by atoms with Crippen LogP contribution in [0, 0.1) is 5.82 Å². The fraction of sp³-hybridized carbons (Fsp3) is 0.120. The average molecular weight is 518 g/mol. The summed E-state index contributed by atoms with van der Waals surface area (Å²) in [5.41, 5.74) is 2.01. The van der Waals surface area contributed by atoms with Crippen molar-refractivity contribution in [3.8, 4) is 11.5 Å². The summed E-state index contributed by atoms with van der Waals surface area (Å²) in [6.07, 6.45) is 1.57. The molecular formula is C25H18Cl2FNO4S. The minimum atomic E-state index is -0.437. The topological polar surface area (TPSA) is 55.8 Å². The van der Waals surface area contributed by atoms with Gasteiger partial charge in [0.05, 0.1) is 23.6 Å². The highest BCUT2D eigenvalue weighted by Crippen LogP contribution is 2.39. The van der Waals surface area contributed by atoms with Crippen LogP contribution in [-0.4, -0.2) is 23.2 Å². The average Bonchev–Trinajstić information content (AvgIpc) is 3.07. The van der Waals surface area contributed by atoms with Crippen molar-refractivity contribution >= 4 is 52.2 Å². The van der Waals surface area contributed by atoms with Crippen molar-refractivity contribution in [2.45, 2.75) is 13.2 Å². The Labute approximate surface area is 210 Å². The monoisotopic (exact) mass is 517 g/mol. The Morgan fingerprint density at radius 1 is 1.03 bits per heavy atom. The van der Waals surface area contributed by atoms with Crippen LogP contribution in [0.15, 0.2) is 65.6 Å². The normalized spacial score (nSPS) is 14.7. The van der Waals surface area contributed by atoms with Gasteiger partial charge in [-0.1, -0.05) is 53.5 Å². The predicted octanol–water partition coefficient (Wildman–Crippen LogP) is 6.96. The Hall–Kier alpha value is -3.00. The van der Waals surface area contributed by atoms with Crippen LogP contribution in [0.25, 0.3) is 6.08 Å². The molecule has 0 bridgehead atoms. The van der Waals surface area contributed by atoms with Gasteiger partial charge < -0.3 is 9.47 Å². The Bertz CT molecular complexity index is 1280. The standard InChI is InChI=1S/C25H18Cl2FNO4S/c1-32-21-11-16(10-20(27)23(21)33-14-17-4-2-3-5-19(17)26)12-22-24(30)29(25(31)34-22)13-15-6-8-18(28)9-7-15/h2-12H,13-14H2,1H3/b22-12-. The van der Waals surface area contributed by atoms with Crippen molar-refractivity contribution in [2.24, 2.45) is 0 Å². The first-order chi connectivity index (χ1) is 16.4. The van der Waals surface area contributed by atoms with Gasteiger partial charge in [-0.25, -0.2) is 4.39 Å². The van der Waals surface area contributed by atoms with Crippen molar-refractivity contribution in [1.29, 1.82) is 0 Å². The van der Waals surface area contributed by atoms with E-state index >= 15 is 0 Å². The highest BCUT2D eigenvalue weighted by Gasteiger charge is 2.35. The summed E-state index contributed by atoms with van der Waals surface area (Å²) in [5.74, 6) is -0.113. The van der Waals surface area contributed by atoms with Gasteiger partial charge in [-0.15, -0.1) is 0 Å². The molecular weight excluding hydrogens is 500 g/mol. The maximum atomic E-state index is 13.1. The molecule has 0 spiro atoms. The Balaban J connectivity index is 1.53. The van der Waals surface area contributed by atoms with Crippen molar-refractivity contribution in [3.63, 3.8) is 0 Å². The van der Waals surface area contributed by atoms with E-state index in [0.29, 0.717) is 27.6 Å². The lowest BCUT2D eigenvalue weighted by Crippen LogP contribution is -2.27. The maximum absolute atomic E-state index is 13.1. The zero-order chi connectivity index (χ0) is 24.2.